The lowest BCUT2D eigenvalue weighted by molar-refractivity contribution is 0.112. The van der Waals surface area contributed by atoms with Crippen LogP contribution in [-0.2, 0) is 4.74 Å². The molecule has 1 saturated heterocycles. The van der Waals surface area contributed by atoms with Gasteiger partial charge in [0.15, 0.2) is 0 Å². The summed E-state index contributed by atoms with van der Waals surface area (Å²) >= 11 is 0. The quantitative estimate of drug-likeness (QED) is 0.826. The summed E-state index contributed by atoms with van der Waals surface area (Å²) in [6, 6.07) is 0.496. The van der Waals surface area contributed by atoms with Crippen LogP contribution >= 0.6 is 0 Å². The molecule has 0 saturated carbocycles. The van der Waals surface area contributed by atoms with Crippen molar-refractivity contribution in [3.63, 3.8) is 0 Å². The van der Waals surface area contributed by atoms with E-state index in [0.717, 1.165) is 57.8 Å². The van der Waals surface area contributed by atoms with E-state index in [1.54, 1.807) is 7.11 Å². The first-order valence-electron chi connectivity index (χ1n) is 10.6. The summed E-state index contributed by atoms with van der Waals surface area (Å²) in [5.41, 5.74) is 2.53. The minimum atomic E-state index is 0.200. The van der Waals surface area contributed by atoms with E-state index in [0.29, 0.717) is 17.9 Å². The normalized spacial score (nSPS) is 34.4. The van der Waals surface area contributed by atoms with E-state index >= 15 is 0 Å². The van der Waals surface area contributed by atoms with Gasteiger partial charge in [0.25, 0.3) is 0 Å². The number of allylic oxidation sites excluding steroid dienone is 1. The molecule has 4 aliphatic rings. The molecule has 27 heavy (non-hydrogen) atoms. The molecule has 148 valence electrons. The Kier molecular flexibility index (Phi) is 6.03. The number of aliphatic imine (C=N–C) groups is 3. The minimum Gasteiger partial charge on any atom is -0.377 e. The molecule has 0 aromatic heterocycles. The minimum absolute atomic E-state index is 0.200. The summed E-state index contributed by atoms with van der Waals surface area (Å²) in [5.74, 6) is 1.89. The largest absolute Gasteiger partial charge is 0.377 e. The van der Waals surface area contributed by atoms with Crippen molar-refractivity contribution in [3.05, 3.63) is 11.8 Å². The highest BCUT2D eigenvalue weighted by atomic mass is 16.5. The molecule has 1 aliphatic carbocycles. The number of rotatable bonds is 4. The zero-order valence-electron chi connectivity index (χ0n) is 16.7. The van der Waals surface area contributed by atoms with Crippen LogP contribution in [0.2, 0.25) is 0 Å². The fraction of sp³-hybridized carbons (Fsp3) is 0.762. The molecule has 1 N–H and O–H groups in total. The third-order valence-corrected chi connectivity index (χ3v) is 6.17. The molecule has 4 atom stereocenters. The summed E-state index contributed by atoms with van der Waals surface area (Å²) in [7, 11) is 1.78. The average Bonchev–Trinajstić information content (AvgIpc) is 2.68. The van der Waals surface area contributed by atoms with Gasteiger partial charge in [-0.3, -0.25) is 9.98 Å². The Hall–Kier alpha value is -1.53. The number of nitrogens with zero attached hydrogens (tertiary/aromatic N) is 4. The van der Waals surface area contributed by atoms with Crippen molar-refractivity contribution in [2.45, 2.75) is 57.6 Å². The van der Waals surface area contributed by atoms with Crippen molar-refractivity contribution < 1.29 is 4.74 Å². The summed E-state index contributed by atoms with van der Waals surface area (Å²) < 4.78 is 5.53. The van der Waals surface area contributed by atoms with Gasteiger partial charge in [-0.15, -0.1) is 0 Å². The Balaban J connectivity index is 1.32. The lowest BCUT2D eigenvalue weighted by atomic mass is 9.91. The number of nitrogens with one attached hydrogen (secondary N) is 1. The predicted octanol–water partition coefficient (Wildman–Crippen LogP) is 2.66. The number of fused-ring (bicyclic) bond motifs is 1. The van der Waals surface area contributed by atoms with Crippen LogP contribution in [0.15, 0.2) is 26.8 Å². The molecule has 3 aliphatic heterocycles. The first-order chi connectivity index (χ1) is 13.2. The first kappa shape index (κ1) is 18.8. The number of methoxy groups -OCH3 is 1. The summed E-state index contributed by atoms with van der Waals surface area (Å²) in [6.45, 7) is 6.39. The van der Waals surface area contributed by atoms with Crippen molar-refractivity contribution in [3.8, 4) is 0 Å². The van der Waals surface area contributed by atoms with Crippen LogP contribution in [0.25, 0.3) is 0 Å². The van der Waals surface area contributed by atoms with Gasteiger partial charge in [0.05, 0.1) is 18.7 Å². The second-order valence-electron chi connectivity index (χ2n) is 8.53. The molecule has 6 nitrogen and oxygen atoms in total. The molecular formula is C21H33N5O. The number of ether oxygens (including phenoxy) is 1. The standard InChI is InChI=1S/C21H33N5O/c1-15-9-18(11-19(10-15)27-2)24-21-23-12-16-13-26(8-6-20(16)25-21)14-17-5-3-4-7-22-17/h7,11,15-17,19H,3-6,8-10,12-14H2,1-2H3,(H,23,24). The second kappa shape index (κ2) is 8.65. The van der Waals surface area contributed by atoms with E-state index in [2.05, 4.69) is 34.4 Å². The Morgan fingerprint density at radius 3 is 3.11 bits per heavy atom. The van der Waals surface area contributed by atoms with E-state index in [1.165, 1.54) is 24.3 Å². The van der Waals surface area contributed by atoms with Gasteiger partial charge < -0.3 is 15.0 Å². The Bertz CT molecular complexity index is 653. The second-order valence-corrected chi connectivity index (χ2v) is 8.53. The molecule has 0 aromatic rings. The molecule has 1 fully saturated rings. The van der Waals surface area contributed by atoms with E-state index in [4.69, 9.17) is 14.7 Å². The molecule has 0 amide bonds. The van der Waals surface area contributed by atoms with Gasteiger partial charge >= 0.3 is 0 Å². The maximum absolute atomic E-state index is 5.53. The molecular weight excluding hydrogens is 338 g/mol. The number of guanidine groups is 1. The monoisotopic (exact) mass is 371 g/mol. The van der Waals surface area contributed by atoms with Gasteiger partial charge in [-0.05, 0) is 56.7 Å². The molecule has 3 heterocycles. The number of likely N-dealkylation sites (tertiary alicyclic amines) is 1. The fourth-order valence-electron chi connectivity index (χ4n) is 4.69. The van der Waals surface area contributed by atoms with E-state index in [1.807, 2.05) is 0 Å². The zero-order chi connectivity index (χ0) is 18.6. The first-order valence-corrected chi connectivity index (χ1v) is 10.6. The zero-order valence-corrected chi connectivity index (χ0v) is 16.7. The molecule has 0 aromatic carbocycles. The van der Waals surface area contributed by atoms with Crippen molar-refractivity contribution in [2.75, 3.05) is 33.3 Å². The highest BCUT2D eigenvalue weighted by Crippen LogP contribution is 2.25. The molecule has 4 rings (SSSR count). The number of piperidine rings is 1. The third-order valence-electron chi connectivity index (χ3n) is 6.17. The average molecular weight is 372 g/mol. The topological polar surface area (TPSA) is 61.6 Å². The van der Waals surface area contributed by atoms with Crippen molar-refractivity contribution in [1.82, 2.24) is 10.2 Å². The summed E-state index contributed by atoms with van der Waals surface area (Å²) in [6.07, 6.45) is 11.4. The Morgan fingerprint density at radius 2 is 2.30 bits per heavy atom. The predicted molar refractivity (Wildman–Crippen MR) is 111 cm³/mol. The molecule has 4 unspecified atom stereocenters. The van der Waals surface area contributed by atoms with Gasteiger partial charge in [-0.1, -0.05) is 6.92 Å². The number of hydrogen-bond donors (Lipinski definition) is 1. The third kappa shape index (κ3) is 4.85. The summed E-state index contributed by atoms with van der Waals surface area (Å²) in [5, 5.41) is 3.47. The highest BCUT2D eigenvalue weighted by molar-refractivity contribution is 6.01. The van der Waals surface area contributed by atoms with Crippen molar-refractivity contribution >= 4 is 17.9 Å². The van der Waals surface area contributed by atoms with Crippen molar-refractivity contribution in [2.24, 2.45) is 26.8 Å². The molecule has 0 radical (unpaired) electrons. The number of hydrogen-bond acceptors (Lipinski definition) is 6. The maximum Gasteiger partial charge on any atom is 0.222 e. The van der Waals surface area contributed by atoms with E-state index in [-0.39, 0.29) is 6.10 Å². The van der Waals surface area contributed by atoms with Crippen LogP contribution in [0.1, 0.15) is 45.4 Å². The lowest BCUT2D eigenvalue weighted by Crippen LogP contribution is -2.47. The SMILES string of the molecule is COC1C=C(NC2=NCC3CN(CC4CCCC=N4)CCC3=N2)CC(C)C1. The smallest absolute Gasteiger partial charge is 0.222 e. The van der Waals surface area contributed by atoms with Crippen LogP contribution < -0.4 is 5.32 Å². The van der Waals surface area contributed by atoms with E-state index in [9.17, 15) is 0 Å². The van der Waals surface area contributed by atoms with Gasteiger partial charge in [-0.25, -0.2) is 4.99 Å². The molecule has 6 heteroatoms. The summed E-state index contributed by atoms with van der Waals surface area (Å²) in [4.78, 5) is 16.9. The highest BCUT2D eigenvalue weighted by Gasteiger charge is 2.30. The Labute approximate surface area is 162 Å². The van der Waals surface area contributed by atoms with Gasteiger partial charge in [0.1, 0.15) is 0 Å². The van der Waals surface area contributed by atoms with Gasteiger partial charge in [0.2, 0.25) is 5.96 Å². The van der Waals surface area contributed by atoms with Gasteiger partial charge in [0, 0.05) is 44.1 Å². The van der Waals surface area contributed by atoms with Crippen LogP contribution in [0.4, 0.5) is 0 Å². The van der Waals surface area contributed by atoms with Crippen LogP contribution in [0.5, 0.6) is 0 Å². The molecule has 0 spiro atoms. The maximum atomic E-state index is 5.53. The van der Waals surface area contributed by atoms with Crippen molar-refractivity contribution in [1.29, 1.82) is 0 Å². The fourth-order valence-corrected chi connectivity index (χ4v) is 4.69. The van der Waals surface area contributed by atoms with E-state index < -0.39 is 0 Å². The van der Waals surface area contributed by atoms with Crippen LogP contribution in [0, 0.1) is 11.8 Å². The van der Waals surface area contributed by atoms with Crippen LogP contribution in [0.3, 0.4) is 0 Å². The van der Waals surface area contributed by atoms with Gasteiger partial charge in [-0.2, -0.15) is 0 Å². The van der Waals surface area contributed by atoms with Crippen LogP contribution in [-0.4, -0.2) is 68.2 Å². The lowest BCUT2D eigenvalue weighted by Gasteiger charge is -2.36. The Morgan fingerprint density at radius 1 is 1.37 bits per heavy atom. The molecule has 0 bridgehead atoms.